The largest absolute Gasteiger partial charge is 0.341 e. The van der Waals surface area contributed by atoms with Gasteiger partial charge in [-0.3, -0.25) is 19.2 Å². The topological polar surface area (TPSA) is 78.0 Å². The standard InChI is InChI=1S/C24H23N3O4/c28-21(26-15-7-12-20(26)24(31)25-13-5-6-14-25)18-10-3-4-11-19(18)27-22(29)16-8-1-2-9-17(16)23(27)30/h1-4,8-11,20H,5-7,12-15H2/t20-/m0/s1. The minimum atomic E-state index is -0.485. The molecule has 0 aliphatic carbocycles. The average molecular weight is 417 g/mol. The van der Waals surface area contributed by atoms with Crippen LogP contribution in [0.5, 0.6) is 0 Å². The lowest BCUT2D eigenvalue weighted by atomic mass is 10.1. The second kappa shape index (κ2) is 7.65. The summed E-state index contributed by atoms with van der Waals surface area (Å²) >= 11 is 0. The van der Waals surface area contributed by atoms with E-state index < -0.39 is 17.9 Å². The van der Waals surface area contributed by atoms with Gasteiger partial charge in [-0.05, 0) is 49.9 Å². The van der Waals surface area contributed by atoms with Gasteiger partial charge in [-0.1, -0.05) is 24.3 Å². The third-order valence-corrected chi connectivity index (χ3v) is 6.39. The first-order chi connectivity index (χ1) is 15.1. The molecule has 0 N–H and O–H groups in total. The van der Waals surface area contributed by atoms with E-state index in [1.807, 2.05) is 4.90 Å². The van der Waals surface area contributed by atoms with Gasteiger partial charge in [-0.15, -0.1) is 0 Å². The van der Waals surface area contributed by atoms with Crippen LogP contribution in [0.25, 0.3) is 0 Å². The molecule has 2 aromatic carbocycles. The number of hydrogen-bond acceptors (Lipinski definition) is 4. The molecule has 0 radical (unpaired) electrons. The van der Waals surface area contributed by atoms with Crippen molar-refractivity contribution in [1.29, 1.82) is 0 Å². The van der Waals surface area contributed by atoms with Gasteiger partial charge in [-0.25, -0.2) is 4.90 Å². The normalized spacial score (nSPS) is 20.5. The number of para-hydroxylation sites is 1. The van der Waals surface area contributed by atoms with Crippen molar-refractivity contribution in [2.24, 2.45) is 0 Å². The van der Waals surface area contributed by atoms with E-state index in [-0.39, 0.29) is 23.1 Å². The van der Waals surface area contributed by atoms with Crippen molar-refractivity contribution in [2.75, 3.05) is 24.5 Å². The van der Waals surface area contributed by atoms with Crippen LogP contribution in [-0.4, -0.2) is 59.1 Å². The maximum Gasteiger partial charge on any atom is 0.266 e. The number of hydrogen-bond donors (Lipinski definition) is 0. The average Bonchev–Trinajstić information content (AvgIpc) is 3.54. The number of fused-ring (bicyclic) bond motifs is 1. The van der Waals surface area contributed by atoms with E-state index in [1.54, 1.807) is 53.4 Å². The molecule has 7 heteroatoms. The Kier molecular flexibility index (Phi) is 4.81. The second-order valence-electron chi connectivity index (χ2n) is 8.20. The van der Waals surface area contributed by atoms with Crippen LogP contribution >= 0.6 is 0 Å². The lowest BCUT2D eigenvalue weighted by Crippen LogP contribution is -2.47. The van der Waals surface area contributed by atoms with Crippen molar-refractivity contribution in [2.45, 2.75) is 31.7 Å². The van der Waals surface area contributed by atoms with Crippen LogP contribution in [0.3, 0.4) is 0 Å². The van der Waals surface area contributed by atoms with E-state index >= 15 is 0 Å². The Balaban J connectivity index is 1.47. The van der Waals surface area contributed by atoms with Gasteiger partial charge < -0.3 is 9.80 Å². The van der Waals surface area contributed by atoms with E-state index in [9.17, 15) is 19.2 Å². The maximum absolute atomic E-state index is 13.5. The molecule has 0 unspecified atom stereocenters. The molecule has 7 nitrogen and oxygen atoms in total. The minimum absolute atomic E-state index is 0.00145. The smallest absolute Gasteiger partial charge is 0.266 e. The molecule has 1 atom stereocenters. The summed E-state index contributed by atoms with van der Waals surface area (Å²) in [7, 11) is 0. The monoisotopic (exact) mass is 417 g/mol. The summed E-state index contributed by atoms with van der Waals surface area (Å²) in [6.07, 6.45) is 3.38. The Labute approximate surface area is 180 Å². The highest BCUT2D eigenvalue weighted by atomic mass is 16.2. The molecule has 0 bridgehead atoms. The third kappa shape index (κ3) is 3.12. The summed E-state index contributed by atoms with van der Waals surface area (Å²) < 4.78 is 0. The second-order valence-corrected chi connectivity index (χ2v) is 8.20. The maximum atomic E-state index is 13.5. The molecule has 0 spiro atoms. The highest BCUT2D eigenvalue weighted by Crippen LogP contribution is 2.33. The lowest BCUT2D eigenvalue weighted by molar-refractivity contribution is -0.134. The number of likely N-dealkylation sites (tertiary alicyclic amines) is 2. The fraction of sp³-hybridized carbons (Fsp3) is 0.333. The van der Waals surface area contributed by atoms with Crippen LogP contribution in [-0.2, 0) is 4.79 Å². The van der Waals surface area contributed by atoms with Gasteiger partial charge in [0.1, 0.15) is 6.04 Å². The Morgan fingerprint density at radius 2 is 1.39 bits per heavy atom. The fourth-order valence-corrected chi connectivity index (χ4v) is 4.83. The number of imide groups is 1. The summed E-state index contributed by atoms with van der Waals surface area (Å²) in [4.78, 5) is 57.0. The van der Waals surface area contributed by atoms with Gasteiger partial charge in [0.25, 0.3) is 17.7 Å². The van der Waals surface area contributed by atoms with Gasteiger partial charge in [0.15, 0.2) is 0 Å². The molecule has 0 aromatic heterocycles. The summed E-state index contributed by atoms with van der Waals surface area (Å²) in [6.45, 7) is 1.96. The Morgan fingerprint density at radius 3 is 2.06 bits per heavy atom. The van der Waals surface area contributed by atoms with E-state index in [1.165, 1.54) is 0 Å². The number of carbonyl (C=O) groups is 4. The van der Waals surface area contributed by atoms with E-state index in [0.717, 1.165) is 37.3 Å². The fourth-order valence-electron chi connectivity index (χ4n) is 4.83. The molecule has 158 valence electrons. The Hall–Kier alpha value is -3.48. The highest BCUT2D eigenvalue weighted by molar-refractivity contribution is 6.35. The molecule has 5 rings (SSSR count). The van der Waals surface area contributed by atoms with E-state index in [0.29, 0.717) is 24.1 Å². The van der Waals surface area contributed by atoms with Gasteiger partial charge in [0.2, 0.25) is 5.91 Å². The van der Waals surface area contributed by atoms with Gasteiger partial charge in [0.05, 0.1) is 22.4 Å². The minimum Gasteiger partial charge on any atom is -0.341 e. The van der Waals surface area contributed by atoms with E-state index in [2.05, 4.69) is 0 Å². The molecule has 2 aromatic rings. The van der Waals surface area contributed by atoms with Gasteiger partial charge >= 0.3 is 0 Å². The molecule has 3 aliphatic rings. The van der Waals surface area contributed by atoms with Crippen LogP contribution in [0.4, 0.5) is 5.69 Å². The van der Waals surface area contributed by atoms with Gasteiger partial charge in [-0.2, -0.15) is 0 Å². The number of carbonyl (C=O) groups excluding carboxylic acids is 4. The summed E-state index contributed by atoms with van der Waals surface area (Å²) in [6, 6.07) is 12.8. The lowest BCUT2D eigenvalue weighted by Gasteiger charge is -2.29. The van der Waals surface area contributed by atoms with E-state index in [4.69, 9.17) is 0 Å². The van der Waals surface area contributed by atoms with Gasteiger partial charge in [0, 0.05) is 19.6 Å². The van der Waals surface area contributed by atoms with Crippen LogP contribution in [0.2, 0.25) is 0 Å². The van der Waals surface area contributed by atoms with Crippen molar-refractivity contribution < 1.29 is 19.2 Å². The van der Waals surface area contributed by atoms with Crippen molar-refractivity contribution in [3.8, 4) is 0 Å². The predicted octanol–water partition coefficient (Wildman–Crippen LogP) is 2.71. The molecule has 2 saturated heterocycles. The Bertz CT molecular complexity index is 1050. The molecule has 4 amide bonds. The summed E-state index contributed by atoms with van der Waals surface area (Å²) in [5, 5.41) is 0. The number of rotatable bonds is 3. The number of amides is 4. The summed E-state index contributed by atoms with van der Waals surface area (Å²) in [5.41, 5.74) is 1.19. The molecular formula is C24H23N3O4. The molecule has 3 heterocycles. The van der Waals surface area contributed by atoms with Crippen LogP contribution in [0, 0.1) is 0 Å². The van der Waals surface area contributed by atoms with Crippen molar-refractivity contribution in [3.05, 3.63) is 65.2 Å². The SMILES string of the molecule is O=C([C@@H]1CCCN1C(=O)c1ccccc1N1C(=O)c2ccccc2C1=O)N1CCCC1. The zero-order valence-corrected chi connectivity index (χ0v) is 17.1. The molecule has 3 aliphatic heterocycles. The molecule has 0 saturated carbocycles. The first-order valence-corrected chi connectivity index (χ1v) is 10.7. The zero-order chi connectivity index (χ0) is 21.5. The van der Waals surface area contributed by atoms with Crippen LogP contribution in [0.1, 0.15) is 56.8 Å². The quantitative estimate of drug-likeness (QED) is 0.720. The first-order valence-electron chi connectivity index (χ1n) is 10.7. The summed E-state index contributed by atoms with van der Waals surface area (Å²) in [5.74, 6) is -1.19. The molecular weight excluding hydrogens is 394 g/mol. The third-order valence-electron chi connectivity index (χ3n) is 6.39. The zero-order valence-electron chi connectivity index (χ0n) is 17.1. The first kappa shape index (κ1) is 19.5. The van der Waals surface area contributed by atoms with Crippen molar-refractivity contribution >= 4 is 29.3 Å². The molecule has 31 heavy (non-hydrogen) atoms. The predicted molar refractivity (Wildman–Crippen MR) is 114 cm³/mol. The number of anilines is 1. The van der Waals surface area contributed by atoms with Crippen molar-refractivity contribution in [1.82, 2.24) is 9.80 Å². The molecule has 2 fully saturated rings. The van der Waals surface area contributed by atoms with Crippen LogP contribution < -0.4 is 4.90 Å². The number of benzene rings is 2. The number of nitrogens with zero attached hydrogens (tertiary/aromatic N) is 3. The Morgan fingerprint density at radius 1 is 0.774 bits per heavy atom. The highest BCUT2D eigenvalue weighted by Gasteiger charge is 2.41. The van der Waals surface area contributed by atoms with Crippen molar-refractivity contribution in [3.63, 3.8) is 0 Å². The van der Waals surface area contributed by atoms with Crippen LogP contribution in [0.15, 0.2) is 48.5 Å².